The first kappa shape index (κ1) is 10.9. The Balaban J connectivity index is 1.82. The number of carboxylic acid groups (broad SMARTS) is 1. The molecule has 15 heavy (non-hydrogen) atoms. The number of hydrogen-bond donors (Lipinski definition) is 1. The number of nitrogens with zero attached hydrogens (tertiary/aromatic N) is 1. The third-order valence-electron chi connectivity index (χ3n) is 3.81. The van der Waals surface area contributed by atoms with Crippen molar-refractivity contribution in [2.24, 2.45) is 5.41 Å². The van der Waals surface area contributed by atoms with E-state index in [0.717, 1.165) is 13.1 Å². The molecule has 4 heteroatoms. The van der Waals surface area contributed by atoms with Gasteiger partial charge in [0.05, 0.1) is 0 Å². The molecule has 0 radical (unpaired) electrons. The highest BCUT2D eigenvalue weighted by atomic mass is 16.5. The summed E-state index contributed by atoms with van der Waals surface area (Å²) >= 11 is 0. The monoisotopic (exact) mass is 213 g/mol. The molecule has 0 aromatic rings. The van der Waals surface area contributed by atoms with E-state index in [4.69, 9.17) is 9.84 Å². The van der Waals surface area contributed by atoms with Gasteiger partial charge in [0.25, 0.3) is 0 Å². The molecule has 1 atom stereocenters. The Kier molecular flexibility index (Phi) is 2.98. The first-order chi connectivity index (χ1) is 7.17. The predicted molar refractivity (Wildman–Crippen MR) is 55.8 cm³/mol. The maximum atomic E-state index is 11.1. The van der Waals surface area contributed by atoms with Crippen molar-refractivity contribution in [2.45, 2.75) is 31.7 Å². The molecule has 1 heterocycles. The van der Waals surface area contributed by atoms with E-state index in [-0.39, 0.29) is 6.04 Å². The van der Waals surface area contributed by atoms with Gasteiger partial charge >= 0.3 is 5.97 Å². The van der Waals surface area contributed by atoms with Gasteiger partial charge in [0, 0.05) is 26.8 Å². The van der Waals surface area contributed by atoms with Gasteiger partial charge in [0.1, 0.15) is 6.04 Å². The molecule has 1 N–H and O–H groups in total. The molecule has 0 aromatic heterocycles. The fourth-order valence-electron chi connectivity index (χ4n) is 2.72. The van der Waals surface area contributed by atoms with Gasteiger partial charge in [-0.15, -0.1) is 0 Å². The Labute approximate surface area is 90.2 Å². The molecule has 86 valence electrons. The number of ether oxygens (including phenoxy) is 1. The van der Waals surface area contributed by atoms with Gasteiger partial charge < -0.3 is 9.84 Å². The maximum absolute atomic E-state index is 11.1. The highest BCUT2D eigenvalue weighted by molar-refractivity contribution is 5.73. The van der Waals surface area contributed by atoms with Gasteiger partial charge in [-0.25, -0.2) is 0 Å². The molecule has 4 nitrogen and oxygen atoms in total. The molecular weight excluding hydrogens is 194 g/mol. The van der Waals surface area contributed by atoms with Gasteiger partial charge in [-0.3, -0.25) is 9.69 Å². The Morgan fingerprint density at radius 1 is 1.53 bits per heavy atom. The van der Waals surface area contributed by atoms with Crippen LogP contribution in [0.15, 0.2) is 0 Å². The Morgan fingerprint density at radius 3 is 2.60 bits per heavy atom. The summed E-state index contributed by atoms with van der Waals surface area (Å²) in [7, 11) is 1.61. The quantitative estimate of drug-likeness (QED) is 0.739. The maximum Gasteiger partial charge on any atom is 0.321 e. The van der Waals surface area contributed by atoms with E-state index in [9.17, 15) is 4.79 Å². The van der Waals surface area contributed by atoms with Crippen molar-refractivity contribution in [3.8, 4) is 0 Å². The molecule has 2 aliphatic rings. The topological polar surface area (TPSA) is 49.8 Å². The first-order valence-corrected chi connectivity index (χ1v) is 5.63. The highest BCUT2D eigenvalue weighted by Crippen LogP contribution is 2.48. The normalized spacial score (nSPS) is 25.7. The summed E-state index contributed by atoms with van der Waals surface area (Å²) in [5, 5.41) is 9.10. The highest BCUT2D eigenvalue weighted by Gasteiger charge is 2.50. The Bertz CT molecular complexity index is 242. The van der Waals surface area contributed by atoms with E-state index >= 15 is 0 Å². The van der Waals surface area contributed by atoms with Gasteiger partial charge in [-0.1, -0.05) is 6.42 Å². The minimum atomic E-state index is -0.707. The van der Waals surface area contributed by atoms with Gasteiger partial charge in [-0.05, 0) is 24.7 Å². The molecule has 1 unspecified atom stereocenters. The lowest BCUT2D eigenvalue weighted by molar-refractivity contribution is -0.155. The average Bonchev–Trinajstić information content (AvgIpc) is 2.04. The van der Waals surface area contributed by atoms with E-state index in [2.05, 4.69) is 4.90 Å². The second-order valence-electron chi connectivity index (χ2n) is 4.89. The third-order valence-corrected chi connectivity index (χ3v) is 3.81. The zero-order valence-corrected chi connectivity index (χ0v) is 9.24. The number of likely N-dealkylation sites (tertiary alicyclic amines) is 1. The van der Waals surface area contributed by atoms with Crippen LogP contribution in [0, 0.1) is 5.41 Å². The molecule has 1 aliphatic heterocycles. The van der Waals surface area contributed by atoms with Crippen molar-refractivity contribution in [1.82, 2.24) is 4.90 Å². The lowest BCUT2D eigenvalue weighted by atomic mass is 9.63. The fraction of sp³-hybridized carbons (Fsp3) is 0.909. The second-order valence-corrected chi connectivity index (χ2v) is 4.89. The van der Waals surface area contributed by atoms with Crippen LogP contribution in [0.1, 0.15) is 25.7 Å². The summed E-state index contributed by atoms with van der Waals surface area (Å²) in [6, 6.07) is -0.337. The van der Waals surface area contributed by atoms with E-state index in [1.807, 2.05) is 0 Å². The number of aliphatic carboxylic acids is 1. The first-order valence-electron chi connectivity index (χ1n) is 5.63. The van der Waals surface area contributed by atoms with Crippen molar-refractivity contribution in [3.05, 3.63) is 0 Å². The number of carboxylic acids is 1. The van der Waals surface area contributed by atoms with Crippen molar-refractivity contribution < 1.29 is 14.6 Å². The molecule has 1 saturated heterocycles. The van der Waals surface area contributed by atoms with Crippen LogP contribution in [0.4, 0.5) is 0 Å². The van der Waals surface area contributed by atoms with Crippen molar-refractivity contribution in [3.63, 3.8) is 0 Å². The number of carbonyl (C=O) groups is 1. The molecule has 1 spiro atoms. The van der Waals surface area contributed by atoms with Crippen LogP contribution in [0.25, 0.3) is 0 Å². The number of rotatable bonds is 5. The van der Waals surface area contributed by atoms with E-state index in [1.165, 1.54) is 19.3 Å². The van der Waals surface area contributed by atoms with Crippen LogP contribution in [0.3, 0.4) is 0 Å². The lowest BCUT2D eigenvalue weighted by Gasteiger charge is -2.57. The summed E-state index contributed by atoms with van der Waals surface area (Å²) in [5.41, 5.74) is 0.501. The molecule has 2 fully saturated rings. The van der Waals surface area contributed by atoms with Crippen LogP contribution < -0.4 is 0 Å². The molecule has 1 aliphatic carbocycles. The van der Waals surface area contributed by atoms with E-state index in [1.54, 1.807) is 7.11 Å². The van der Waals surface area contributed by atoms with Crippen molar-refractivity contribution in [1.29, 1.82) is 0 Å². The summed E-state index contributed by atoms with van der Waals surface area (Å²) in [6.07, 6.45) is 4.51. The standard InChI is InChI=1S/C11H19NO3/c1-15-6-3-9(10(13)14)12-7-11(8-12)4-2-5-11/h9H,2-8H2,1H3,(H,13,14). The SMILES string of the molecule is COCCC(C(=O)O)N1CC2(CCC2)C1. The third kappa shape index (κ3) is 2.01. The van der Waals surface area contributed by atoms with Crippen molar-refractivity contribution >= 4 is 5.97 Å². The molecular formula is C11H19NO3. The Hall–Kier alpha value is -0.610. The van der Waals surface area contributed by atoms with Crippen LogP contribution >= 0.6 is 0 Å². The molecule has 0 bridgehead atoms. The van der Waals surface area contributed by atoms with Crippen molar-refractivity contribution in [2.75, 3.05) is 26.8 Å². The number of hydrogen-bond acceptors (Lipinski definition) is 3. The molecule has 1 saturated carbocycles. The van der Waals surface area contributed by atoms with E-state index < -0.39 is 5.97 Å². The number of methoxy groups -OCH3 is 1. The lowest BCUT2D eigenvalue weighted by Crippen LogP contribution is -2.64. The zero-order chi connectivity index (χ0) is 10.9. The van der Waals surface area contributed by atoms with Gasteiger partial charge in [0.15, 0.2) is 0 Å². The largest absolute Gasteiger partial charge is 0.480 e. The summed E-state index contributed by atoms with van der Waals surface area (Å²) in [4.78, 5) is 13.1. The van der Waals surface area contributed by atoms with Gasteiger partial charge in [-0.2, -0.15) is 0 Å². The molecule has 0 aromatic carbocycles. The Morgan fingerprint density at radius 2 is 2.20 bits per heavy atom. The van der Waals surface area contributed by atoms with Crippen LogP contribution in [0.5, 0.6) is 0 Å². The predicted octanol–water partition coefficient (Wildman–Crippen LogP) is 0.962. The summed E-state index contributed by atoms with van der Waals surface area (Å²) < 4.78 is 4.94. The minimum absolute atomic E-state index is 0.337. The van der Waals surface area contributed by atoms with E-state index in [0.29, 0.717) is 18.4 Å². The summed E-state index contributed by atoms with van der Waals surface area (Å²) in [6.45, 7) is 2.49. The van der Waals surface area contributed by atoms with Gasteiger partial charge in [0.2, 0.25) is 0 Å². The van der Waals surface area contributed by atoms with Crippen LogP contribution in [0.2, 0.25) is 0 Å². The van der Waals surface area contributed by atoms with Crippen LogP contribution in [-0.4, -0.2) is 48.8 Å². The fourth-order valence-corrected chi connectivity index (χ4v) is 2.72. The molecule has 0 amide bonds. The summed E-state index contributed by atoms with van der Waals surface area (Å²) in [5.74, 6) is -0.707. The molecule has 2 rings (SSSR count). The zero-order valence-electron chi connectivity index (χ0n) is 9.24. The second kappa shape index (κ2) is 4.10. The minimum Gasteiger partial charge on any atom is -0.480 e. The smallest absolute Gasteiger partial charge is 0.321 e. The average molecular weight is 213 g/mol. The van der Waals surface area contributed by atoms with Crippen LogP contribution in [-0.2, 0) is 9.53 Å².